The Morgan fingerprint density at radius 3 is 2.53 bits per heavy atom. The fourth-order valence-electron chi connectivity index (χ4n) is 4.65. The lowest BCUT2D eigenvalue weighted by atomic mass is 9.97. The molecule has 1 amide bonds. The van der Waals surface area contributed by atoms with Crippen LogP contribution in [0.15, 0.2) is 72.8 Å². The topological polar surface area (TPSA) is 58.6 Å². The number of para-hydroxylation sites is 1. The summed E-state index contributed by atoms with van der Waals surface area (Å²) in [6.45, 7) is 2.55. The van der Waals surface area contributed by atoms with Gasteiger partial charge < -0.3 is 9.64 Å². The molecule has 32 heavy (non-hydrogen) atoms. The van der Waals surface area contributed by atoms with Crippen LogP contribution in [0.5, 0.6) is 0 Å². The summed E-state index contributed by atoms with van der Waals surface area (Å²) in [4.78, 5) is 26.0. The minimum Gasteiger partial charge on any atom is -0.447 e. The van der Waals surface area contributed by atoms with Crippen LogP contribution in [-0.4, -0.2) is 35.8 Å². The van der Waals surface area contributed by atoms with Crippen molar-refractivity contribution in [1.82, 2.24) is 9.97 Å². The number of nitrogens with zero attached hydrogens (tertiary/aromatic N) is 4. The number of aromatic nitrogens is 2. The Hall–Kier alpha value is -3.93. The van der Waals surface area contributed by atoms with Crippen LogP contribution in [0, 0.1) is 0 Å². The van der Waals surface area contributed by atoms with E-state index in [1.54, 1.807) is 4.90 Å². The van der Waals surface area contributed by atoms with Gasteiger partial charge in [0.15, 0.2) is 0 Å². The van der Waals surface area contributed by atoms with Gasteiger partial charge in [-0.25, -0.2) is 14.8 Å². The summed E-state index contributed by atoms with van der Waals surface area (Å²) in [5.41, 5.74) is 6.35. The number of hydrogen-bond donors (Lipinski definition) is 0. The second kappa shape index (κ2) is 7.64. The zero-order chi connectivity index (χ0) is 21.5. The molecule has 3 aromatic carbocycles. The van der Waals surface area contributed by atoms with E-state index in [-0.39, 0.29) is 6.09 Å². The average Bonchev–Trinajstić information content (AvgIpc) is 3.28. The maximum absolute atomic E-state index is 12.1. The number of hydrogen-bond acceptors (Lipinski definition) is 5. The van der Waals surface area contributed by atoms with Crippen LogP contribution < -0.4 is 9.80 Å². The molecule has 2 aliphatic heterocycles. The minimum absolute atomic E-state index is 0.258. The Balaban J connectivity index is 1.40. The van der Waals surface area contributed by atoms with Gasteiger partial charge in [0.2, 0.25) is 5.95 Å². The van der Waals surface area contributed by atoms with Gasteiger partial charge in [-0.05, 0) is 29.7 Å². The first-order valence-corrected chi connectivity index (χ1v) is 10.9. The molecule has 6 nitrogen and oxygen atoms in total. The maximum atomic E-state index is 12.1. The zero-order valence-corrected chi connectivity index (χ0v) is 17.6. The van der Waals surface area contributed by atoms with E-state index in [1.807, 2.05) is 48.5 Å². The van der Waals surface area contributed by atoms with Crippen molar-refractivity contribution in [3.05, 3.63) is 83.9 Å². The van der Waals surface area contributed by atoms with Gasteiger partial charge in [-0.2, -0.15) is 0 Å². The normalized spacial score (nSPS) is 15.7. The fourth-order valence-corrected chi connectivity index (χ4v) is 4.65. The maximum Gasteiger partial charge on any atom is 0.414 e. The molecule has 0 saturated carbocycles. The molecule has 0 aliphatic carbocycles. The Bertz CT molecular complexity index is 1320. The first kappa shape index (κ1) is 18.8. The molecule has 0 N–H and O–H groups in total. The highest BCUT2D eigenvalue weighted by atomic mass is 16.6. The van der Waals surface area contributed by atoms with Gasteiger partial charge in [0.1, 0.15) is 6.61 Å². The minimum atomic E-state index is -0.258. The van der Waals surface area contributed by atoms with Crippen LogP contribution in [0.4, 0.5) is 16.4 Å². The van der Waals surface area contributed by atoms with Crippen molar-refractivity contribution >= 4 is 28.6 Å². The summed E-state index contributed by atoms with van der Waals surface area (Å²) in [5, 5.41) is 1.05. The third kappa shape index (κ3) is 3.15. The van der Waals surface area contributed by atoms with Crippen LogP contribution in [-0.2, 0) is 17.7 Å². The van der Waals surface area contributed by atoms with Gasteiger partial charge in [0, 0.05) is 24.0 Å². The van der Waals surface area contributed by atoms with Crippen molar-refractivity contribution in [3.63, 3.8) is 0 Å². The second-order valence-corrected chi connectivity index (χ2v) is 8.11. The molecule has 3 heterocycles. The van der Waals surface area contributed by atoms with Gasteiger partial charge >= 0.3 is 6.09 Å². The van der Waals surface area contributed by atoms with E-state index in [4.69, 9.17) is 14.7 Å². The van der Waals surface area contributed by atoms with Crippen LogP contribution in [0.1, 0.15) is 11.1 Å². The molecule has 0 atom stereocenters. The van der Waals surface area contributed by atoms with Gasteiger partial charge in [-0.1, -0.05) is 60.7 Å². The highest BCUT2D eigenvalue weighted by molar-refractivity contribution is 5.93. The predicted octanol–water partition coefficient (Wildman–Crippen LogP) is 4.82. The lowest BCUT2D eigenvalue weighted by Crippen LogP contribution is -2.34. The van der Waals surface area contributed by atoms with Crippen LogP contribution in [0.25, 0.3) is 22.2 Å². The molecule has 1 saturated heterocycles. The molecule has 0 spiro atoms. The van der Waals surface area contributed by atoms with E-state index >= 15 is 0 Å². The molecule has 0 bridgehead atoms. The van der Waals surface area contributed by atoms with Crippen LogP contribution in [0.3, 0.4) is 0 Å². The molecule has 6 heteroatoms. The SMILES string of the molecule is O=C1OCCN1c1cccc2c1CCN(c1nc(-c3ccccc3)c3ccccc3n1)C2. The summed E-state index contributed by atoms with van der Waals surface area (Å²) in [6.07, 6.45) is 0.567. The number of ether oxygens (including phenoxy) is 1. The average molecular weight is 422 g/mol. The monoisotopic (exact) mass is 422 g/mol. The lowest BCUT2D eigenvalue weighted by molar-refractivity contribution is 0.181. The summed E-state index contributed by atoms with van der Waals surface area (Å²) in [5.74, 6) is 0.735. The van der Waals surface area contributed by atoms with Crippen LogP contribution in [0.2, 0.25) is 0 Å². The first-order valence-electron chi connectivity index (χ1n) is 10.9. The van der Waals surface area contributed by atoms with Gasteiger partial charge in [0.25, 0.3) is 0 Å². The van der Waals surface area contributed by atoms with Crippen LogP contribution >= 0.6 is 0 Å². The Morgan fingerprint density at radius 2 is 1.69 bits per heavy atom. The molecule has 6 rings (SSSR count). The van der Waals surface area contributed by atoms with Crippen molar-refractivity contribution in [1.29, 1.82) is 0 Å². The summed E-state index contributed by atoms with van der Waals surface area (Å²) in [7, 11) is 0. The number of anilines is 2. The highest BCUT2D eigenvalue weighted by Gasteiger charge is 2.29. The molecule has 1 aromatic heterocycles. The predicted molar refractivity (Wildman–Crippen MR) is 125 cm³/mol. The van der Waals surface area contributed by atoms with E-state index in [9.17, 15) is 4.79 Å². The number of carbonyl (C=O) groups excluding carboxylic acids is 1. The quantitative estimate of drug-likeness (QED) is 0.474. The third-order valence-corrected chi connectivity index (χ3v) is 6.21. The second-order valence-electron chi connectivity index (χ2n) is 8.11. The molecule has 158 valence electrons. The summed E-state index contributed by atoms with van der Waals surface area (Å²) < 4.78 is 5.15. The Morgan fingerprint density at radius 1 is 0.844 bits per heavy atom. The van der Waals surface area contributed by atoms with E-state index in [0.29, 0.717) is 19.7 Å². The summed E-state index contributed by atoms with van der Waals surface area (Å²) >= 11 is 0. The lowest BCUT2D eigenvalue weighted by Gasteiger charge is -2.31. The fraction of sp³-hybridized carbons (Fsp3) is 0.192. The molecule has 0 radical (unpaired) electrons. The smallest absolute Gasteiger partial charge is 0.414 e. The summed E-state index contributed by atoms with van der Waals surface area (Å²) in [6, 6.07) is 24.6. The Labute approximate surface area is 186 Å². The van der Waals surface area contributed by atoms with Crippen molar-refractivity contribution in [2.75, 3.05) is 29.5 Å². The van der Waals surface area contributed by atoms with E-state index in [0.717, 1.165) is 46.8 Å². The van der Waals surface area contributed by atoms with Crippen molar-refractivity contribution in [2.24, 2.45) is 0 Å². The third-order valence-electron chi connectivity index (χ3n) is 6.21. The van der Waals surface area contributed by atoms with Gasteiger partial charge in [0.05, 0.1) is 23.4 Å². The zero-order valence-electron chi connectivity index (χ0n) is 17.6. The molecule has 2 aliphatic rings. The molecule has 0 unspecified atom stereocenters. The van der Waals surface area contributed by atoms with E-state index in [2.05, 4.69) is 29.2 Å². The molecule has 1 fully saturated rings. The number of benzene rings is 3. The number of rotatable bonds is 3. The van der Waals surface area contributed by atoms with E-state index < -0.39 is 0 Å². The number of amides is 1. The van der Waals surface area contributed by atoms with Crippen molar-refractivity contribution in [3.8, 4) is 11.3 Å². The first-order chi connectivity index (χ1) is 15.8. The highest BCUT2D eigenvalue weighted by Crippen LogP contribution is 2.33. The standard InChI is InChI=1S/C26H22N4O2/c31-26-30(15-16-32-26)23-12-6-9-19-17-29(14-13-20(19)23)25-27-22-11-5-4-10-21(22)24(28-25)18-7-2-1-3-8-18/h1-12H,13-17H2. The number of cyclic esters (lactones) is 1. The Kier molecular flexibility index (Phi) is 4.49. The van der Waals surface area contributed by atoms with Gasteiger partial charge in [-0.3, -0.25) is 4.90 Å². The largest absolute Gasteiger partial charge is 0.447 e. The van der Waals surface area contributed by atoms with E-state index in [1.165, 1.54) is 11.1 Å². The molecular weight excluding hydrogens is 400 g/mol. The molecule has 4 aromatic rings. The number of carbonyl (C=O) groups is 1. The number of fused-ring (bicyclic) bond motifs is 2. The van der Waals surface area contributed by atoms with Crippen molar-refractivity contribution in [2.45, 2.75) is 13.0 Å². The van der Waals surface area contributed by atoms with Gasteiger partial charge in [-0.15, -0.1) is 0 Å². The van der Waals surface area contributed by atoms with Crippen molar-refractivity contribution < 1.29 is 9.53 Å². The molecular formula is C26H22N4O2.